The highest BCUT2D eigenvalue weighted by Gasteiger charge is 2.18. The number of hydrogen-bond acceptors (Lipinski definition) is 6. The van der Waals surface area contributed by atoms with Crippen molar-refractivity contribution in [3.8, 4) is 10.6 Å². The van der Waals surface area contributed by atoms with E-state index in [9.17, 15) is 8.42 Å². The molecule has 0 aliphatic rings. The molecule has 10 heteroatoms. The summed E-state index contributed by atoms with van der Waals surface area (Å²) in [5.41, 5.74) is 1.78. The van der Waals surface area contributed by atoms with Crippen molar-refractivity contribution in [2.75, 3.05) is 4.72 Å². The van der Waals surface area contributed by atoms with E-state index >= 15 is 0 Å². The maximum Gasteiger partial charge on any atom is 0.263 e. The SMILES string of the molecule is Cn1ncc2cccc(NS(=O)(=O)c3ccc(-c4cnc(Cl)s4)nc3)c21. The molecule has 0 saturated carbocycles. The summed E-state index contributed by atoms with van der Waals surface area (Å²) in [6.45, 7) is 0. The van der Waals surface area contributed by atoms with Gasteiger partial charge in [-0.3, -0.25) is 14.4 Å². The van der Waals surface area contributed by atoms with Crippen molar-refractivity contribution in [3.63, 3.8) is 0 Å². The number of hydrogen-bond donors (Lipinski definition) is 1. The Morgan fingerprint density at radius 2 is 1.96 bits per heavy atom. The molecule has 0 atom stereocenters. The van der Waals surface area contributed by atoms with Gasteiger partial charge in [0.2, 0.25) is 0 Å². The van der Waals surface area contributed by atoms with Gasteiger partial charge in [-0.05, 0) is 18.2 Å². The molecule has 132 valence electrons. The molecule has 3 heterocycles. The van der Waals surface area contributed by atoms with Crippen LogP contribution in [-0.2, 0) is 17.1 Å². The predicted molar refractivity (Wildman–Crippen MR) is 102 cm³/mol. The van der Waals surface area contributed by atoms with Crippen LogP contribution in [0.4, 0.5) is 5.69 Å². The third kappa shape index (κ3) is 3.05. The first-order chi connectivity index (χ1) is 12.4. The highest BCUT2D eigenvalue weighted by atomic mass is 35.5. The maximum atomic E-state index is 12.7. The summed E-state index contributed by atoms with van der Waals surface area (Å²) in [7, 11) is -2.02. The molecule has 4 rings (SSSR count). The predicted octanol–water partition coefficient (Wildman–Crippen LogP) is 3.55. The Balaban J connectivity index is 1.67. The third-order valence-electron chi connectivity index (χ3n) is 3.78. The molecule has 0 amide bonds. The molecule has 0 unspecified atom stereocenters. The van der Waals surface area contributed by atoms with Crippen LogP contribution in [0, 0.1) is 0 Å². The van der Waals surface area contributed by atoms with Crippen LogP contribution in [0.25, 0.3) is 21.5 Å². The second-order valence-corrected chi connectivity index (χ2v) is 8.77. The topological polar surface area (TPSA) is 89.8 Å². The van der Waals surface area contributed by atoms with Gasteiger partial charge < -0.3 is 0 Å². The quantitative estimate of drug-likeness (QED) is 0.560. The Bertz CT molecular complexity index is 1200. The molecule has 26 heavy (non-hydrogen) atoms. The Labute approximate surface area is 158 Å². The number of sulfonamides is 1. The average molecular weight is 406 g/mol. The van der Waals surface area contributed by atoms with Crippen molar-refractivity contribution in [1.29, 1.82) is 0 Å². The molecule has 1 aromatic carbocycles. The van der Waals surface area contributed by atoms with Crippen LogP contribution in [0.1, 0.15) is 0 Å². The number of rotatable bonds is 4. The number of halogens is 1. The zero-order chi connectivity index (χ0) is 18.3. The van der Waals surface area contributed by atoms with E-state index in [0.29, 0.717) is 21.4 Å². The van der Waals surface area contributed by atoms with Crippen LogP contribution >= 0.6 is 22.9 Å². The van der Waals surface area contributed by atoms with Gasteiger partial charge in [0, 0.05) is 24.8 Å². The Hall–Kier alpha value is -2.49. The van der Waals surface area contributed by atoms with Gasteiger partial charge in [-0.15, -0.1) is 11.3 Å². The second kappa shape index (κ2) is 6.35. The number of anilines is 1. The van der Waals surface area contributed by atoms with Gasteiger partial charge in [0.1, 0.15) is 4.90 Å². The van der Waals surface area contributed by atoms with Gasteiger partial charge in [0.15, 0.2) is 4.47 Å². The van der Waals surface area contributed by atoms with Gasteiger partial charge in [0.05, 0.1) is 28.0 Å². The number of nitrogens with zero attached hydrogens (tertiary/aromatic N) is 4. The van der Waals surface area contributed by atoms with Crippen molar-refractivity contribution in [2.45, 2.75) is 4.90 Å². The molecule has 0 aliphatic carbocycles. The van der Waals surface area contributed by atoms with Crippen molar-refractivity contribution in [3.05, 3.63) is 53.4 Å². The van der Waals surface area contributed by atoms with Crippen molar-refractivity contribution in [1.82, 2.24) is 19.7 Å². The smallest absolute Gasteiger partial charge is 0.263 e. The number of aromatic nitrogens is 4. The van der Waals surface area contributed by atoms with E-state index in [1.807, 2.05) is 6.07 Å². The molecule has 0 bridgehead atoms. The van der Waals surface area contributed by atoms with Gasteiger partial charge >= 0.3 is 0 Å². The van der Waals surface area contributed by atoms with Crippen LogP contribution in [0.2, 0.25) is 4.47 Å². The van der Waals surface area contributed by atoms with Crippen molar-refractivity contribution in [2.24, 2.45) is 7.05 Å². The van der Waals surface area contributed by atoms with Crippen LogP contribution in [0.15, 0.2) is 53.8 Å². The first-order valence-corrected chi connectivity index (χ1v) is 10.1. The lowest BCUT2D eigenvalue weighted by atomic mass is 10.2. The fourth-order valence-corrected chi connectivity index (χ4v) is 4.50. The van der Waals surface area contributed by atoms with E-state index in [2.05, 4.69) is 19.8 Å². The van der Waals surface area contributed by atoms with Crippen LogP contribution in [0.5, 0.6) is 0 Å². The number of para-hydroxylation sites is 1. The highest BCUT2D eigenvalue weighted by Crippen LogP contribution is 2.28. The molecule has 0 saturated heterocycles. The molecule has 4 aromatic rings. The molecule has 0 spiro atoms. The minimum absolute atomic E-state index is 0.0658. The average Bonchev–Trinajstić information content (AvgIpc) is 3.22. The largest absolute Gasteiger partial charge is 0.277 e. The number of fused-ring (bicyclic) bond motifs is 1. The molecule has 0 fully saturated rings. The number of pyridine rings is 1. The second-order valence-electron chi connectivity index (χ2n) is 5.47. The monoisotopic (exact) mass is 405 g/mol. The Kier molecular flexibility index (Phi) is 4.14. The van der Waals surface area contributed by atoms with Crippen molar-refractivity contribution >= 4 is 49.6 Å². The van der Waals surface area contributed by atoms with E-state index in [4.69, 9.17) is 11.6 Å². The zero-order valence-electron chi connectivity index (χ0n) is 13.4. The summed E-state index contributed by atoms with van der Waals surface area (Å²) in [4.78, 5) is 9.01. The lowest BCUT2D eigenvalue weighted by Gasteiger charge is -2.10. The number of benzene rings is 1. The van der Waals surface area contributed by atoms with E-state index < -0.39 is 10.0 Å². The minimum Gasteiger partial charge on any atom is -0.277 e. The normalized spacial score (nSPS) is 11.8. The fourth-order valence-electron chi connectivity index (χ4n) is 2.58. The van der Waals surface area contributed by atoms with Gasteiger partial charge in [0.25, 0.3) is 10.0 Å². The van der Waals surface area contributed by atoms with Gasteiger partial charge in [-0.2, -0.15) is 5.10 Å². The molecular formula is C16H12ClN5O2S2. The molecule has 3 aromatic heterocycles. The van der Waals surface area contributed by atoms with E-state index in [1.165, 1.54) is 23.6 Å². The first-order valence-electron chi connectivity index (χ1n) is 7.45. The number of aryl methyl sites for hydroxylation is 1. The standard InChI is InChI=1S/C16H12ClN5O2S2/c1-22-15-10(7-20-22)3-2-4-13(15)21-26(23,24)11-5-6-12(18-8-11)14-9-19-16(17)25-14/h2-9,21H,1H3. The van der Waals surface area contributed by atoms with Crippen LogP contribution in [0.3, 0.4) is 0 Å². The van der Waals surface area contributed by atoms with E-state index in [-0.39, 0.29) is 4.90 Å². The van der Waals surface area contributed by atoms with Gasteiger partial charge in [-0.25, -0.2) is 13.4 Å². The summed E-state index contributed by atoms with van der Waals surface area (Å²) in [6.07, 6.45) is 4.60. The van der Waals surface area contributed by atoms with Gasteiger partial charge in [-0.1, -0.05) is 23.7 Å². The number of thiazole rings is 1. The zero-order valence-corrected chi connectivity index (χ0v) is 15.8. The first kappa shape index (κ1) is 17.0. The lowest BCUT2D eigenvalue weighted by molar-refractivity contribution is 0.601. The summed E-state index contributed by atoms with van der Waals surface area (Å²) < 4.78 is 30.1. The molecule has 0 radical (unpaired) electrons. The fraction of sp³-hybridized carbons (Fsp3) is 0.0625. The molecular weight excluding hydrogens is 394 g/mol. The maximum absolute atomic E-state index is 12.7. The molecule has 7 nitrogen and oxygen atoms in total. The summed E-state index contributed by atoms with van der Waals surface area (Å²) >= 11 is 7.10. The van der Waals surface area contributed by atoms with E-state index in [0.717, 1.165) is 10.3 Å². The molecule has 0 aliphatic heterocycles. The van der Waals surface area contributed by atoms with Crippen LogP contribution < -0.4 is 4.72 Å². The van der Waals surface area contributed by atoms with E-state index in [1.54, 1.807) is 42.3 Å². The highest BCUT2D eigenvalue weighted by molar-refractivity contribution is 7.92. The summed E-state index contributed by atoms with van der Waals surface area (Å²) in [6, 6.07) is 8.47. The van der Waals surface area contributed by atoms with Crippen molar-refractivity contribution < 1.29 is 8.42 Å². The third-order valence-corrected chi connectivity index (χ3v) is 6.27. The minimum atomic E-state index is -3.79. The Morgan fingerprint density at radius 1 is 1.12 bits per heavy atom. The Morgan fingerprint density at radius 3 is 2.65 bits per heavy atom. The summed E-state index contributed by atoms with van der Waals surface area (Å²) in [5, 5.41) is 5.01. The number of nitrogens with one attached hydrogen (secondary N) is 1. The summed E-state index contributed by atoms with van der Waals surface area (Å²) in [5.74, 6) is 0. The molecule has 1 N–H and O–H groups in total. The van der Waals surface area contributed by atoms with Crippen LogP contribution in [-0.4, -0.2) is 28.2 Å². The lowest BCUT2D eigenvalue weighted by Crippen LogP contribution is -2.14.